The van der Waals surface area contributed by atoms with Gasteiger partial charge in [0.05, 0.1) is 31.4 Å². The number of amides is 16. The van der Waals surface area contributed by atoms with Crippen LogP contribution >= 0.6 is 0 Å². The number of aliphatic hydroxyl groups excluding tert-OH is 3. The fourth-order valence-electron chi connectivity index (χ4n) is 11.9. The Labute approximate surface area is 638 Å². The molecule has 1 aromatic carbocycles. The normalized spacial score (nSPS) is 18.9. The zero-order valence-electron chi connectivity index (χ0n) is 67.2. The van der Waals surface area contributed by atoms with Gasteiger partial charge in [-0.2, -0.15) is 0 Å². The van der Waals surface area contributed by atoms with Gasteiger partial charge in [0.25, 0.3) is 0 Å². The standard InChI is InChI=1S/C74H122N16O19/c1-22-72(19,88-62(105)70(15,16)86-61(104)69(13,14)85-60(103)68(11,12)82-58(101)53(41(6)7)77-42(8)92)63(106)76-36-52(96)79-48(32-40(4)5)55(98)83-73(20,23-2)64(107)87-71(17,18)65(108)89-37-45(93)34-49(89)56(99)80-47(30-31-51(75)95)54(97)84-74(21,24-3)66(109)90-38-46(94)35-50(90)57(100)81-67(9,10)59(102)78-44(39-91)33-43-28-26-25-27-29-43/h25-29,40-41,44-50,53,91,93-94H,22-24,30-39H2,1-21H3,(H2,75,95)(H,76,106)(H,77,92)(H,78,102)(H,79,96)(H,80,99)(H,81,100)(H,82,101)(H,83,98)(H,84,97)(H,85,103)(H,86,104)(H,87,107)(H,88,105)/t44-,45+,46+,47?,48-,49-,50-,53-,72+,73+,74+/m0/s1. The van der Waals surface area contributed by atoms with Crippen molar-refractivity contribution in [3.05, 3.63) is 35.9 Å². The van der Waals surface area contributed by atoms with Crippen molar-refractivity contribution in [1.29, 1.82) is 0 Å². The van der Waals surface area contributed by atoms with Crippen molar-refractivity contribution in [3.8, 4) is 0 Å². The molecule has 16 amide bonds. The summed E-state index contributed by atoms with van der Waals surface area (Å²) in [5, 5.41) is 65.9. The Hall–Kier alpha value is -9.38. The molecule has 0 bridgehead atoms. The van der Waals surface area contributed by atoms with Gasteiger partial charge in [-0.3, -0.25) is 76.7 Å². The first-order valence-corrected chi connectivity index (χ1v) is 37.0. The molecule has 612 valence electrons. The number of aliphatic hydroxyl groups is 3. The summed E-state index contributed by atoms with van der Waals surface area (Å²) >= 11 is 0. The van der Waals surface area contributed by atoms with Crippen molar-refractivity contribution in [2.24, 2.45) is 17.6 Å². The highest BCUT2D eigenvalue weighted by molar-refractivity contribution is 6.04. The summed E-state index contributed by atoms with van der Waals surface area (Å²) in [7, 11) is 0. The lowest BCUT2D eigenvalue weighted by atomic mass is 9.93. The summed E-state index contributed by atoms with van der Waals surface area (Å²) in [5.74, 6) is -13.6. The topological polar surface area (TPSA) is 523 Å². The number of hydrogen-bond acceptors (Lipinski definition) is 19. The van der Waals surface area contributed by atoms with Gasteiger partial charge in [-0.05, 0) is 146 Å². The van der Waals surface area contributed by atoms with E-state index in [1.165, 1.54) is 96.9 Å². The van der Waals surface area contributed by atoms with Crippen LogP contribution in [0.25, 0.3) is 0 Å². The molecule has 2 aliphatic heterocycles. The summed E-state index contributed by atoms with van der Waals surface area (Å²) < 4.78 is 0. The largest absolute Gasteiger partial charge is 0.394 e. The predicted molar refractivity (Wildman–Crippen MR) is 400 cm³/mol. The van der Waals surface area contributed by atoms with Crippen LogP contribution in [-0.4, -0.2) is 239 Å². The smallest absolute Gasteiger partial charge is 0.248 e. The van der Waals surface area contributed by atoms with Gasteiger partial charge in [0, 0.05) is 39.3 Å². The number of hydrogen-bond donors (Lipinski definition) is 17. The maximum absolute atomic E-state index is 14.7. The number of nitrogens with zero attached hydrogens (tertiary/aromatic N) is 2. The quantitative estimate of drug-likeness (QED) is 0.0324. The van der Waals surface area contributed by atoms with Crippen LogP contribution in [0.4, 0.5) is 0 Å². The third-order valence-corrected chi connectivity index (χ3v) is 19.7. The van der Waals surface area contributed by atoms with Crippen molar-refractivity contribution < 1.29 is 92.0 Å². The Bertz CT molecular complexity index is 3530. The average Bonchev–Trinajstić information content (AvgIpc) is 1.73. The number of carbonyl (C=O) groups is 16. The second-order valence-electron chi connectivity index (χ2n) is 32.6. The number of β-amino-alcohol motifs (C(OH)–C–C–N with tert-alkyl or cyclic N) is 2. The number of likely N-dealkylation sites (tertiary alicyclic amines) is 2. The molecule has 1 unspecified atom stereocenters. The lowest BCUT2D eigenvalue weighted by molar-refractivity contribution is -0.147. The van der Waals surface area contributed by atoms with Crippen molar-refractivity contribution in [2.45, 2.75) is 296 Å². The molecule has 11 atom stereocenters. The fraction of sp³-hybridized carbons (Fsp3) is 0.703. The molecular weight excluding hydrogens is 1420 g/mol. The summed E-state index contributed by atoms with van der Waals surface area (Å²) in [6, 6.07) is 1.62. The Balaban J connectivity index is 1.73. The molecule has 2 heterocycles. The number of carbonyl (C=O) groups excluding carboxylic acids is 16. The monoisotopic (exact) mass is 1540 g/mol. The number of primary amides is 1. The van der Waals surface area contributed by atoms with Gasteiger partial charge in [0.15, 0.2) is 0 Å². The minimum absolute atomic E-state index is 0.0210. The number of nitrogens with two attached hydrogens (primary N) is 1. The number of benzene rings is 1. The molecular formula is C74H122N16O19. The maximum atomic E-state index is 14.7. The molecule has 0 aromatic heterocycles. The van der Waals surface area contributed by atoms with Crippen LogP contribution in [0.15, 0.2) is 30.3 Å². The molecule has 2 saturated heterocycles. The molecule has 0 saturated carbocycles. The first kappa shape index (κ1) is 93.8. The Morgan fingerprint density at radius 2 is 0.945 bits per heavy atom. The summed E-state index contributed by atoms with van der Waals surface area (Å²) in [4.78, 5) is 222. The van der Waals surface area contributed by atoms with E-state index < -0.39 is 220 Å². The van der Waals surface area contributed by atoms with E-state index in [0.29, 0.717) is 0 Å². The van der Waals surface area contributed by atoms with E-state index in [4.69, 9.17) is 5.73 Å². The first-order chi connectivity index (χ1) is 50.0. The zero-order chi connectivity index (χ0) is 83.7. The van der Waals surface area contributed by atoms with E-state index in [2.05, 4.69) is 69.1 Å². The molecule has 18 N–H and O–H groups in total. The van der Waals surface area contributed by atoms with Crippen LogP contribution < -0.4 is 74.9 Å². The average molecular weight is 1540 g/mol. The van der Waals surface area contributed by atoms with Gasteiger partial charge in [-0.25, -0.2) is 0 Å². The minimum atomic E-state index is -1.90. The van der Waals surface area contributed by atoms with Crippen LogP contribution in [0.3, 0.4) is 0 Å². The number of rotatable bonds is 39. The van der Waals surface area contributed by atoms with Gasteiger partial charge < -0.3 is 100.0 Å². The Morgan fingerprint density at radius 1 is 0.495 bits per heavy atom. The van der Waals surface area contributed by atoms with Gasteiger partial charge in [-0.1, -0.05) is 78.8 Å². The van der Waals surface area contributed by atoms with Gasteiger partial charge in [0.1, 0.15) is 74.5 Å². The van der Waals surface area contributed by atoms with Crippen molar-refractivity contribution >= 4 is 94.5 Å². The van der Waals surface area contributed by atoms with Gasteiger partial charge in [-0.15, -0.1) is 0 Å². The Kier molecular flexibility index (Phi) is 33.0. The van der Waals surface area contributed by atoms with E-state index in [-0.39, 0.29) is 63.3 Å². The molecule has 3 rings (SSSR count). The van der Waals surface area contributed by atoms with E-state index in [0.717, 1.165) is 15.4 Å². The van der Waals surface area contributed by atoms with E-state index in [1.807, 2.05) is 18.2 Å². The van der Waals surface area contributed by atoms with E-state index in [1.54, 1.807) is 60.6 Å². The SMILES string of the molecule is CC[C@@](C)(NC(=O)[C@H](CC(C)C)NC(=O)CNC(=O)[C@@](C)(CC)NC(=O)C(C)(C)NC(=O)C(C)(C)NC(=O)C(C)(C)NC(=O)[C@@H](NC(C)=O)C(C)C)C(=O)NC(C)(C)C(=O)N1C[C@H](O)C[C@H]1C(=O)NC(CCC(N)=O)C(=O)N[C@](C)(CC)C(=O)N1C[C@H](O)C[C@H]1C(=O)NC(C)(C)C(=O)N[C@H](CO)Cc1ccccc1. The molecule has 35 nitrogen and oxygen atoms in total. The third-order valence-electron chi connectivity index (χ3n) is 19.7. The molecule has 0 radical (unpaired) electrons. The highest BCUT2D eigenvalue weighted by Gasteiger charge is 2.51. The van der Waals surface area contributed by atoms with Crippen LogP contribution in [0, 0.1) is 11.8 Å². The number of nitrogens with one attached hydrogen (secondary N) is 13. The highest BCUT2D eigenvalue weighted by atomic mass is 16.3. The second-order valence-corrected chi connectivity index (χ2v) is 32.6. The lowest BCUT2D eigenvalue weighted by Gasteiger charge is -2.38. The molecule has 0 spiro atoms. The van der Waals surface area contributed by atoms with Crippen molar-refractivity contribution in [1.82, 2.24) is 78.9 Å². The molecule has 1 aromatic rings. The highest BCUT2D eigenvalue weighted by Crippen LogP contribution is 2.28. The van der Waals surface area contributed by atoms with Gasteiger partial charge in [0.2, 0.25) is 94.5 Å². The first-order valence-electron chi connectivity index (χ1n) is 37.0. The molecule has 35 heteroatoms. The van der Waals surface area contributed by atoms with E-state index >= 15 is 0 Å². The summed E-state index contributed by atoms with van der Waals surface area (Å²) in [6.07, 6.45) is -3.96. The van der Waals surface area contributed by atoms with Gasteiger partial charge >= 0.3 is 0 Å². The lowest BCUT2D eigenvalue weighted by Crippen LogP contribution is -2.68. The molecule has 0 aliphatic carbocycles. The maximum Gasteiger partial charge on any atom is 0.248 e. The Morgan fingerprint density at radius 3 is 1.42 bits per heavy atom. The zero-order valence-corrected chi connectivity index (χ0v) is 67.2. The third kappa shape index (κ3) is 26.2. The molecule has 2 fully saturated rings. The van der Waals surface area contributed by atoms with Crippen LogP contribution in [0.1, 0.15) is 202 Å². The summed E-state index contributed by atoms with van der Waals surface area (Å²) in [5.41, 5.74) is -7.52. The van der Waals surface area contributed by atoms with Crippen LogP contribution in [-0.2, 0) is 83.1 Å². The molecule has 109 heavy (non-hydrogen) atoms. The minimum Gasteiger partial charge on any atom is -0.394 e. The van der Waals surface area contributed by atoms with Crippen molar-refractivity contribution in [2.75, 3.05) is 26.2 Å². The molecule has 2 aliphatic rings. The van der Waals surface area contributed by atoms with E-state index in [9.17, 15) is 92.0 Å². The second kappa shape index (κ2) is 38.3. The summed E-state index contributed by atoms with van der Waals surface area (Å²) in [6.45, 7) is 28.8. The van der Waals surface area contributed by atoms with Crippen LogP contribution in [0.2, 0.25) is 0 Å². The fourth-order valence-corrected chi connectivity index (χ4v) is 11.9. The predicted octanol–water partition coefficient (Wildman–Crippen LogP) is -2.48. The van der Waals surface area contributed by atoms with Crippen LogP contribution in [0.5, 0.6) is 0 Å². The van der Waals surface area contributed by atoms with Crippen molar-refractivity contribution in [3.63, 3.8) is 0 Å².